The van der Waals surface area contributed by atoms with E-state index in [1.807, 2.05) is 12.1 Å². The van der Waals surface area contributed by atoms with Crippen molar-refractivity contribution in [3.63, 3.8) is 0 Å². The third-order valence-electron chi connectivity index (χ3n) is 3.81. The van der Waals surface area contributed by atoms with Gasteiger partial charge in [0.1, 0.15) is 5.15 Å². The van der Waals surface area contributed by atoms with E-state index in [1.165, 1.54) is 12.8 Å². The Morgan fingerprint density at radius 3 is 3.05 bits per heavy atom. The molecule has 0 aromatic carbocycles. The zero-order chi connectivity index (χ0) is 14.9. The summed E-state index contributed by atoms with van der Waals surface area (Å²) in [7, 11) is 0. The maximum Gasteiger partial charge on any atom is 0.241 e. The summed E-state index contributed by atoms with van der Waals surface area (Å²) in [6.07, 6.45) is 4.12. The average molecular weight is 307 g/mol. The topological polar surface area (TPSA) is 55.1 Å². The van der Waals surface area contributed by atoms with Crippen molar-refractivity contribution in [3.8, 4) is 11.4 Å². The molecule has 1 aliphatic rings. The predicted octanol–water partition coefficient (Wildman–Crippen LogP) is 3.41. The largest absolute Gasteiger partial charge is 0.338 e. The van der Waals surface area contributed by atoms with Crippen molar-refractivity contribution < 1.29 is 4.52 Å². The second kappa shape index (κ2) is 5.73. The summed E-state index contributed by atoms with van der Waals surface area (Å²) in [6.45, 7) is 7.42. The van der Waals surface area contributed by atoms with Crippen molar-refractivity contribution >= 4 is 11.6 Å². The number of piperidine rings is 1. The lowest BCUT2D eigenvalue weighted by atomic mass is 9.84. The maximum atomic E-state index is 6.05. The van der Waals surface area contributed by atoms with Crippen LogP contribution in [-0.2, 0) is 6.54 Å². The Labute approximate surface area is 129 Å². The van der Waals surface area contributed by atoms with Gasteiger partial charge in [-0.3, -0.25) is 4.90 Å². The van der Waals surface area contributed by atoms with Crippen molar-refractivity contribution in [3.05, 3.63) is 29.4 Å². The highest BCUT2D eigenvalue weighted by molar-refractivity contribution is 6.31. The fourth-order valence-corrected chi connectivity index (χ4v) is 3.06. The summed E-state index contributed by atoms with van der Waals surface area (Å²) in [5.74, 6) is 1.13. The summed E-state index contributed by atoms with van der Waals surface area (Å²) in [4.78, 5) is 10.8. The molecule has 0 radical (unpaired) electrons. The SMILES string of the molecule is CC1(C)CCCN(Cc2nc(-c3cccnc3Cl)no2)C1. The minimum absolute atomic E-state index is 0.355. The molecule has 0 bridgehead atoms. The van der Waals surface area contributed by atoms with Gasteiger partial charge < -0.3 is 4.52 Å². The molecule has 3 heterocycles. The van der Waals surface area contributed by atoms with Crippen LogP contribution in [0.25, 0.3) is 11.4 Å². The third-order valence-corrected chi connectivity index (χ3v) is 4.11. The molecule has 112 valence electrons. The normalized spacial score (nSPS) is 18.8. The van der Waals surface area contributed by atoms with E-state index in [1.54, 1.807) is 6.20 Å². The summed E-state index contributed by atoms with van der Waals surface area (Å²) in [5.41, 5.74) is 1.06. The second-order valence-corrected chi connectivity index (χ2v) is 6.69. The first-order chi connectivity index (χ1) is 10.0. The van der Waals surface area contributed by atoms with E-state index in [4.69, 9.17) is 16.1 Å². The highest BCUT2D eigenvalue weighted by Gasteiger charge is 2.27. The zero-order valence-corrected chi connectivity index (χ0v) is 13.1. The van der Waals surface area contributed by atoms with E-state index < -0.39 is 0 Å². The minimum atomic E-state index is 0.355. The molecule has 0 saturated carbocycles. The van der Waals surface area contributed by atoms with Crippen LogP contribution in [0, 0.1) is 5.41 Å². The molecule has 1 saturated heterocycles. The molecule has 3 rings (SSSR count). The average Bonchev–Trinajstić information content (AvgIpc) is 2.86. The van der Waals surface area contributed by atoms with Gasteiger partial charge in [-0.25, -0.2) is 4.98 Å². The molecule has 0 atom stereocenters. The fraction of sp³-hybridized carbons (Fsp3) is 0.533. The Hall–Kier alpha value is -1.46. The monoisotopic (exact) mass is 306 g/mol. The first-order valence-corrected chi connectivity index (χ1v) is 7.57. The van der Waals surface area contributed by atoms with Crippen molar-refractivity contribution in [2.75, 3.05) is 13.1 Å². The van der Waals surface area contributed by atoms with E-state index in [0.29, 0.717) is 34.4 Å². The number of pyridine rings is 1. The quantitative estimate of drug-likeness (QED) is 0.813. The van der Waals surface area contributed by atoms with Crippen LogP contribution in [0.5, 0.6) is 0 Å². The van der Waals surface area contributed by atoms with E-state index in [2.05, 4.69) is 33.9 Å². The molecule has 2 aromatic rings. The van der Waals surface area contributed by atoms with Gasteiger partial charge in [-0.2, -0.15) is 4.98 Å². The number of aromatic nitrogens is 3. The standard InChI is InChI=1S/C15H19ClN4O/c1-15(2)6-4-8-20(10-15)9-12-18-14(19-21-12)11-5-3-7-17-13(11)16/h3,5,7H,4,6,8-10H2,1-2H3. The van der Waals surface area contributed by atoms with Crippen molar-refractivity contribution in [2.45, 2.75) is 33.2 Å². The molecule has 0 amide bonds. The predicted molar refractivity (Wildman–Crippen MR) is 80.8 cm³/mol. The summed E-state index contributed by atoms with van der Waals surface area (Å²) in [5, 5.41) is 4.40. The fourth-order valence-electron chi connectivity index (χ4n) is 2.85. The zero-order valence-electron chi connectivity index (χ0n) is 12.3. The first-order valence-electron chi connectivity index (χ1n) is 7.19. The van der Waals surface area contributed by atoms with Gasteiger partial charge in [0.2, 0.25) is 11.7 Å². The lowest BCUT2D eigenvalue weighted by Gasteiger charge is -2.37. The van der Waals surface area contributed by atoms with Gasteiger partial charge in [0.25, 0.3) is 0 Å². The molecule has 1 fully saturated rings. The molecule has 21 heavy (non-hydrogen) atoms. The van der Waals surface area contributed by atoms with Gasteiger partial charge in [-0.1, -0.05) is 30.6 Å². The van der Waals surface area contributed by atoms with Crippen molar-refractivity contribution in [2.24, 2.45) is 5.41 Å². The van der Waals surface area contributed by atoms with E-state index in [9.17, 15) is 0 Å². The molecule has 2 aromatic heterocycles. The van der Waals surface area contributed by atoms with E-state index in [0.717, 1.165) is 13.1 Å². The Balaban J connectivity index is 1.72. The van der Waals surface area contributed by atoms with Crippen molar-refractivity contribution in [1.29, 1.82) is 0 Å². The first kappa shape index (κ1) is 14.5. The number of rotatable bonds is 3. The summed E-state index contributed by atoms with van der Waals surface area (Å²) in [6, 6.07) is 3.65. The second-order valence-electron chi connectivity index (χ2n) is 6.33. The summed E-state index contributed by atoms with van der Waals surface area (Å²) >= 11 is 6.05. The lowest BCUT2D eigenvalue weighted by Crippen LogP contribution is -2.39. The van der Waals surface area contributed by atoms with E-state index in [-0.39, 0.29) is 0 Å². The van der Waals surface area contributed by atoms with Crippen LogP contribution in [0.1, 0.15) is 32.6 Å². The van der Waals surface area contributed by atoms with Crippen LogP contribution in [0.2, 0.25) is 5.15 Å². The molecular weight excluding hydrogens is 288 g/mol. The molecule has 0 aliphatic carbocycles. The molecule has 0 unspecified atom stereocenters. The Kier molecular flexibility index (Phi) is 3.95. The number of halogens is 1. The third kappa shape index (κ3) is 3.41. The van der Waals surface area contributed by atoms with E-state index >= 15 is 0 Å². The van der Waals surface area contributed by atoms with Gasteiger partial charge in [0.05, 0.1) is 12.1 Å². The number of nitrogens with zero attached hydrogens (tertiary/aromatic N) is 4. The van der Waals surface area contributed by atoms with Gasteiger partial charge in [0, 0.05) is 12.7 Å². The van der Waals surface area contributed by atoms with Crippen LogP contribution in [0.4, 0.5) is 0 Å². The molecule has 5 nitrogen and oxygen atoms in total. The molecular formula is C15H19ClN4O. The van der Waals surface area contributed by atoms with Crippen LogP contribution in [0.3, 0.4) is 0 Å². The van der Waals surface area contributed by atoms with Crippen LogP contribution in [-0.4, -0.2) is 33.1 Å². The lowest BCUT2D eigenvalue weighted by molar-refractivity contribution is 0.101. The number of hydrogen-bond acceptors (Lipinski definition) is 5. The van der Waals surface area contributed by atoms with Gasteiger partial charge in [-0.15, -0.1) is 0 Å². The minimum Gasteiger partial charge on any atom is -0.338 e. The van der Waals surface area contributed by atoms with Gasteiger partial charge >= 0.3 is 0 Å². The van der Waals surface area contributed by atoms with Crippen LogP contribution < -0.4 is 0 Å². The Bertz CT molecular complexity index is 626. The van der Waals surface area contributed by atoms with Gasteiger partial charge in [-0.05, 0) is 36.9 Å². The van der Waals surface area contributed by atoms with Crippen LogP contribution >= 0.6 is 11.6 Å². The highest BCUT2D eigenvalue weighted by Crippen LogP contribution is 2.29. The van der Waals surface area contributed by atoms with Crippen LogP contribution in [0.15, 0.2) is 22.9 Å². The van der Waals surface area contributed by atoms with Gasteiger partial charge in [0.15, 0.2) is 0 Å². The van der Waals surface area contributed by atoms with Crippen molar-refractivity contribution in [1.82, 2.24) is 20.0 Å². The summed E-state index contributed by atoms with van der Waals surface area (Å²) < 4.78 is 5.36. The Morgan fingerprint density at radius 1 is 1.43 bits per heavy atom. The smallest absolute Gasteiger partial charge is 0.241 e. The highest BCUT2D eigenvalue weighted by atomic mass is 35.5. The molecule has 6 heteroatoms. The molecule has 0 spiro atoms. The molecule has 0 N–H and O–H groups in total. The number of likely N-dealkylation sites (tertiary alicyclic amines) is 1. The maximum absolute atomic E-state index is 6.05. The molecule has 1 aliphatic heterocycles. The Morgan fingerprint density at radius 2 is 2.29 bits per heavy atom. The number of hydrogen-bond donors (Lipinski definition) is 0.